The van der Waals surface area contributed by atoms with E-state index in [1.807, 2.05) is 24.3 Å². The molecule has 0 saturated heterocycles. The number of anilines is 1. The number of aryl methyl sites for hydroxylation is 1. The second-order valence-electron chi connectivity index (χ2n) is 4.66. The lowest BCUT2D eigenvalue weighted by Crippen LogP contribution is -2.07. The first-order valence-corrected chi connectivity index (χ1v) is 6.30. The molecule has 3 heteroatoms. The molecule has 0 radical (unpaired) electrons. The van der Waals surface area contributed by atoms with Gasteiger partial charge in [0.05, 0.1) is 12.8 Å². The number of nitrogens with one attached hydrogen (secondary N) is 1. The van der Waals surface area contributed by atoms with E-state index in [1.165, 1.54) is 5.56 Å². The third kappa shape index (κ3) is 3.19. The summed E-state index contributed by atoms with van der Waals surface area (Å²) in [4.78, 5) is 0. The summed E-state index contributed by atoms with van der Waals surface area (Å²) in [7, 11) is 1.67. The Morgan fingerprint density at radius 2 is 1.79 bits per heavy atom. The fraction of sp³-hybridized carbons (Fsp3) is 0.250. The van der Waals surface area contributed by atoms with Gasteiger partial charge in [0, 0.05) is 6.04 Å². The van der Waals surface area contributed by atoms with Gasteiger partial charge in [0.1, 0.15) is 11.5 Å². The molecule has 100 valence electrons. The molecule has 0 amide bonds. The van der Waals surface area contributed by atoms with Gasteiger partial charge in [-0.2, -0.15) is 0 Å². The zero-order chi connectivity index (χ0) is 13.8. The number of phenolic OH excluding ortho intramolecular Hbond substituents is 1. The second-order valence-corrected chi connectivity index (χ2v) is 4.66. The van der Waals surface area contributed by atoms with Gasteiger partial charge in [-0.25, -0.2) is 0 Å². The molecular weight excluding hydrogens is 238 g/mol. The zero-order valence-corrected chi connectivity index (χ0v) is 11.5. The van der Waals surface area contributed by atoms with Crippen molar-refractivity contribution < 1.29 is 9.84 Å². The van der Waals surface area contributed by atoms with E-state index in [-0.39, 0.29) is 11.8 Å². The molecule has 0 aliphatic heterocycles. The van der Waals surface area contributed by atoms with Crippen LogP contribution < -0.4 is 10.1 Å². The van der Waals surface area contributed by atoms with Crippen LogP contribution in [0.2, 0.25) is 0 Å². The van der Waals surface area contributed by atoms with Crippen molar-refractivity contribution in [2.24, 2.45) is 0 Å². The summed E-state index contributed by atoms with van der Waals surface area (Å²) < 4.78 is 5.35. The lowest BCUT2D eigenvalue weighted by Gasteiger charge is -2.18. The Kier molecular flexibility index (Phi) is 3.95. The van der Waals surface area contributed by atoms with E-state index in [1.54, 1.807) is 19.2 Å². The minimum Gasteiger partial charge on any atom is -0.508 e. The summed E-state index contributed by atoms with van der Waals surface area (Å²) >= 11 is 0. The molecule has 0 aromatic heterocycles. The molecule has 2 N–H and O–H groups in total. The molecule has 0 saturated carbocycles. The van der Waals surface area contributed by atoms with E-state index in [2.05, 4.69) is 25.2 Å². The van der Waals surface area contributed by atoms with Gasteiger partial charge < -0.3 is 15.2 Å². The van der Waals surface area contributed by atoms with Crippen LogP contribution in [0.4, 0.5) is 5.69 Å². The molecule has 0 fully saturated rings. The summed E-state index contributed by atoms with van der Waals surface area (Å²) in [5.41, 5.74) is 3.27. The molecule has 2 aromatic rings. The Morgan fingerprint density at radius 3 is 2.42 bits per heavy atom. The fourth-order valence-corrected chi connectivity index (χ4v) is 2.01. The normalized spacial score (nSPS) is 11.9. The highest BCUT2D eigenvalue weighted by molar-refractivity contribution is 5.59. The Balaban J connectivity index is 2.20. The van der Waals surface area contributed by atoms with E-state index >= 15 is 0 Å². The van der Waals surface area contributed by atoms with Crippen molar-refractivity contribution in [2.75, 3.05) is 12.4 Å². The lowest BCUT2D eigenvalue weighted by molar-refractivity contribution is 0.416. The predicted octanol–water partition coefficient (Wildman–Crippen LogP) is 3.88. The minimum absolute atomic E-state index is 0.135. The van der Waals surface area contributed by atoms with Crippen molar-refractivity contribution in [3.05, 3.63) is 53.6 Å². The Hall–Kier alpha value is -2.16. The van der Waals surface area contributed by atoms with Crippen LogP contribution >= 0.6 is 0 Å². The highest BCUT2D eigenvalue weighted by atomic mass is 16.5. The van der Waals surface area contributed by atoms with Crippen LogP contribution in [0.1, 0.15) is 24.1 Å². The molecule has 0 aliphatic rings. The van der Waals surface area contributed by atoms with E-state index < -0.39 is 0 Å². The highest BCUT2D eigenvalue weighted by Gasteiger charge is 2.09. The SMILES string of the molecule is COc1ccc(C)cc1NC(C)c1ccc(O)cc1. The smallest absolute Gasteiger partial charge is 0.141 e. The van der Waals surface area contributed by atoms with Gasteiger partial charge >= 0.3 is 0 Å². The van der Waals surface area contributed by atoms with Crippen LogP contribution in [-0.4, -0.2) is 12.2 Å². The van der Waals surface area contributed by atoms with E-state index in [4.69, 9.17) is 4.74 Å². The standard InChI is InChI=1S/C16H19NO2/c1-11-4-9-16(19-3)15(10-11)17-12(2)13-5-7-14(18)8-6-13/h4-10,12,17-18H,1-3H3. The molecule has 2 rings (SSSR count). The van der Waals surface area contributed by atoms with Crippen molar-refractivity contribution >= 4 is 5.69 Å². The maximum Gasteiger partial charge on any atom is 0.141 e. The number of hydrogen-bond acceptors (Lipinski definition) is 3. The number of phenols is 1. The Labute approximate surface area is 113 Å². The minimum atomic E-state index is 0.135. The van der Waals surface area contributed by atoms with Gasteiger partial charge in [-0.1, -0.05) is 18.2 Å². The Bertz CT molecular complexity index is 549. The first-order chi connectivity index (χ1) is 9.10. The molecule has 1 atom stereocenters. The molecule has 0 heterocycles. The highest BCUT2D eigenvalue weighted by Crippen LogP contribution is 2.29. The largest absolute Gasteiger partial charge is 0.508 e. The maximum absolute atomic E-state index is 9.31. The third-order valence-electron chi connectivity index (χ3n) is 3.12. The summed E-state index contributed by atoms with van der Waals surface area (Å²) in [5, 5.41) is 12.7. The molecule has 1 unspecified atom stereocenters. The van der Waals surface area contributed by atoms with Gasteiger partial charge in [-0.3, -0.25) is 0 Å². The summed E-state index contributed by atoms with van der Waals surface area (Å²) in [6.07, 6.45) is 0. The van der Waals surface area contributed by atoms with Crippen LogP contribution in [0.5, 0.6) is 11.5 Å². The monoisotopic (exact) mass is 257 g/mol. The zero-order valence-electron chi connectivity index (χ0n) is 11.5. The molecule has 19 heavy (non-hydrogen) atoms. The molecular formula is C16H19NO2. The summed E-state index contributed by atoms with van der Waals surface area (Å²) in [6, 6.07) is 13.4. The average Bonchev–Trinajstić information content (AvgIpc) is 2.39. The Morgan fingerprint density at radius 1 is 1.11 bits per heavy atom. The van der Waals surface area contributed by atoms with Gasteiger partial charge in [0.2, 0.25) is 0 Å². The van der Waals surface area contributed by atoms with Gasteiger partial charge in [0.25, 0.3) is 0 Å². The number of aromatic hydroxyl groups is 1. The van der Waals surface area contributed by atoms with E-state index in [9.17, 15) is 5.11 Å². The number of methoxy groups -OCH3 is 1. The fourth-order valence-electron chi connectivity index (χ4n) is 2.01. The number of rotatable bonds is 4. The molecule has 0 aliphatic carbocycles. The number of ether oxygens (including phenoxy) is 1. The number of hydrogen-bond donors (Lipinski definition) is 2. The average molecular weight is 257 g/mol. The van der Waals surface area contributed by atoms with Crippen LogP contribution in [0.25, 0.3) is 0 Å². The van der Waals surface area contributed by atoms with Crippen LogP contribution in [0, 0.1) is 6.92 Å². The van der Waals surface area contributed by atoms with E-state index in [0.29, 0.717) is 0 Å². The van der Waals surface area contributed by atoms with Crippen molar-refractivity contribution in [2.45, 2.75) is 19.9 Å². The topological polar surface area (TPSA) is 41.5 Å². The quantitative estimate of drug-likeness (QED) is 0.873. The van der Waals surface area contributed by atoms with Crippen molar-refractivity contribution in [1.82, 2.24) is 0 Å². The number of benzene rings is 2. The van der Waals surface area contributed by atoms with Gasteiger partial charge in [-0.15, -0.1) is 0 Å². The van der Waals surface area contributed by atoms with Crippen molar-refractivity contribution in [3.63, 3.8) is 0 Å². The maximum atomic E-state index is 9.31. The van der Waals surface area contributed by atoms with E-state index in [0.717, 1.165) is 17.0 Å². The molecule has 0 spiro atoms. The van der Waals surface area contributed by atoms with Crippen molar-refractivity contribution in [1.29, 1.82) is 0 Å². The first kappa shape index (κ1) is 13.3. The lowest BCUT2D eigenvalue weighted by atomic mass is 10.1. The first-order valence-electron chi connectivity index (χ1n) is 6.30. The predicted molar refractivity (Wildman–Crippen MR) is 77.9 cm³/mol. The third-order valence-corrected chi connectivity index (χ3v) is 3.12. The van der Waals surface area contributed by atoms with Crippen molar-refractivity contribution in [3.8, 4) is 11.5 Å². The summed E-state index contributed by atoms with van der Waals surface area (Å²) in [6.45, 7) is 4.13. The van der Waals surface area contributed by atoms with Gasteiger partial charge in [0.15, 0.2) is 0 Å². The second kappa shape index (κ2) is 5.65. The van der Waals surface area contributed by atoms with Crippen LogP contribution in [-0.2, 0) is 0 Å². The molecule has 0 bridgehead atoms. The van der Waals surface area contributed by atoms with Crippen LogP contribution in [0.3, 0.4) is 0 Å². The summed E-state index contributed by atoms with van der Waals surface area (Å²) in [5.74, 6) is 1.11. The van der Waals surface area contributed by atoms with Gasteiger partial charge in [-0.05, 0) is 49.2 Å². The molecule has 2 aromatic carbocycles. The van der Waals surface area contributed by atoms with Crippen LogP contribution in [0.15, 0.2) is 42.5 Å². The molecule has 3 nitrogen and oxygen atoms in total.